The lowest BCUT2D eigenvalue weighted by Crippen LogP contribution is -1.93. The fraction of sp³-hybridized carbons (Fsp3) is 0.250. The molecule has 0 aliphatic carbocycles. The molecule has 0 amide bonds. The maximum absolute atomic E-state index is 5.90. The lowest BCUT2D eigenvalue weighted by Gasteiger charge is -2.07. The molecule has 1 aromatic carbocycles. The van der Waals surface area contributed by atoms with Crippen LogP contribution >= 0.6 is 15.9 Å². The van der Waals surface area contributed by atoms with Gasteiger partial charge in [0.1, 0.15) is 0 Å². The van der Waals surface area contributed by atoms with Crippen LogP contribution in [0.4, 0.5) is 5.82 Å². The van der Waals surface area contributed by atoms with Crippen molar-refractivity contribution in [2.24, 2.45) is 0 Å². The van der Waals surface area contributed by atoms with E-state index in [9.17, 15) is 0 Å². The Labute approximate surface area is 103 Å². The molecule has 2 aromatic rings. The van der Waals surface area contributed by atoms with E-state index >= 15 is 0 Å². The molecule has 1 aromatic heterocycles. The highest BCUT2D eigenvalue weighted by Gasteiger charge is 2.15. The first-order chi connectivity index (χ1) is 7.59. The van der Waals surface area contributed by atoms with Gasteiger partial charge in [-0.15, -0.1) is 0 Å². The number of nitrogens with two attached hydrogens (primary N) is 1. The first-order valence-electron chi connectivity index (χ1n) is 5.19. The molecular formula is C12H14BrN3. The second-order valence-corrected chi connectivity index (χ2v) is 4.98. The van der Waals surface area contributed by atoms with Crippen LogP contribution in [0.1, 0.15) is 25.5 Å². The Hall–Kier alpha value is -1.29. The zero-order valence-electron chi connectivity index (χ0n) is 9.29. The van der Waals surface area contributed by atoms with Gasteiger partial charge in [-0.3, -0.25) is 5.10 Å². The third-order valence-electron chi connectivity index (χ3n) is 2.51. The number of anilines is 1. The van der Waals surface area contributed by atoms with Crippen molar-refractivity contribution in [3.05, 3.63) is 34.4 Å². The van der Waals surface area contributed by atoms with E-state index < -0.39 is 0 Å². The number of hydrogen-bond acceptors (Lipinski definition) is 2. The second kappa shape index (κ2) is 4.29. The SMILES string of the molecule is CC(C)c1[nH]nc(N)c1-c1cccc(Br)c1. The van der Waals surface area contributed by atoms with Crippen molar-refractivity contribution in [2.45, 2.75) is 19.8 Å². The van der Waals surface area contributed by atoms with Crippen LogP contribution in [-0.4, -0.2) is 10.2 Å². The zero-order chi connectivity index (χ0) is 11.7. The molecule has 3 N–H and O–H groups in total. The van der Waals surface area contributed by atoms with Crippen molar-refractivity contribution < 1.29 is 0 Å². The molecule has 0 aliphatic heterocycles. The second-order valence-electron chi connectivity index (χ2n) is 4.06. The summed E-state index contributed by atoms with van der Waals surface area (Å²) >= 11 is 3.46. The number of rotatable bonds is 2. The topological polar surface area (TPSA) is 54.7 Å². The molecule has 0 atom stereocenters. The van der Waals surface area contributed by atoms with E-state index in [-0.39, 0.29) is 0 Å². The van der Waals surface area contributed by atoms with Crippen LogP contribution in [0.25, 0.3) is 11.1 Å². The van der Waals surface area contributed by atoms with E-state index in [0.29, 0.717) is 11.7 Å². The third kappa shape index (κ3) is 1.97. The van der Waals surface area contributed by atoms with Crippen molar-refractivity contribution in [1.82, 2.24) is 10.2 Å². The number of hydrogen-bond donors (Lipinski definition) is 2. The molecule has 0 unspecified atom stereocenters. The Kier molecular flexibility index (Phi) is 3.01. The molecule has 16 heavy (non-hydrogen) atoms. The number of aromatic amines is 1. The average Bonchev–Trinajstić information content (AvgIpc) is 2.60. The molecule has 0 aliphatic rings. The number of halogens is 1. The molecular weight excluding hydrogens is 266 g/mol. The highest BCUT2D eigenvalue weighted by atomic mass is 79.9. The van der Waals surface area contributed by atoms with Crippen molar-refractivity contribution in [2.75, 3.05) is 5.73 Å². The number of nitrogen functional groups attached to an aromatic ring is 1. The van der Waals surface area contributed by atoms with E-state index in [0.717, 1.165) is 21.3 Å². The molecule has 0 saturated carbocycles. The van der Waals surface area contributed by atoms with Crippen LogP contribution in [0.3, 0.4) is 0 Å². The van der Waals surface area contributed by atoms with E-state index in [2.05, 4.69) is 40.0 Å². The van der Waals surface area contributed by atoms with Crippen LogP contribution in [0.5, 0.6) is 0 Å². The van der Waals surface area contributed by atoms with Gasteiger partial charge in [0.25, 0.3) is 0 Å². The molecule has 84 valence electrons. The summed E-state index contributed by atoms with van der Waals surface area (Å²) in [5, 5.41) is 7.08. The Morgan fingerprint density at radius 2 is 2.12 bits per heavy atom. The third-order valence-corrected chi connectivity index (χ3v) is 3.01. The van der Waals surface area contributed by atoms with Crippen molar-refractivity contribution in [3.8, 4) is 11.1 Å². The van der Waals surface area contributed by atoms with Crippen LogP contribution in [0, 0.1) is 0 Å². The highest BCUT2D eigenvalue weighted by Crippen LogP contribution is 2.33. The van der Waals surface area contributed by atoms with Crippen molar-refractivity contribution in [3.63, 3.8) is 0 Å². The van der Waals surface area contributed by atoms with Gasteiger partial charge in [-0.05, 0) is 23.6 Å². The summed E-state index contributed by atoms with van der Waals surface area (Å²) in [4.78, 5) is 0. The maximum atomic E-state index is 5.90. The molecule has 1 heterocycles. The van der Waals surface area contributed by atoms with E-state index in [1.165, 1.54) is 0 Å². The first kappa shape index (κ1) is 11.2. The zero-order valence-corrected chi connectivity index (χ0v) is 10.9. The lowest BCUT2D eigenvalue weighted by atomic mass is 9.99. The predicted octanol–water partition coefficient (Wildman–Crippen LogP) is 3.54. The largest absolute Gasteiger partial charge is 0.382 e. The molecule has 3 nitrogen and oxygen atoms in total. The number of nitrogens with one attached hydrogen (secondary N) is 1. The fourth-order valence-electron chi connectivity index (χ4n) is 1.74. The van der Waals surface area contributed by atoms with E-state index in [4.69, 9.17) is 5.73 Å². The molecule has 2 rings (SSSR count). The van der Waals surface area contributed by atoms with Crippen LogP contribution < -0.4 is 5.73 Å². The smallest absolute Gasteiger partial charge is 0.153 e. The summed E-state index contributed by atoms with van der Waals surface area (Å²) in [6.45, 7) is 4.24. The molecule has 0 fully saturated rings. The number of benzene rings is 1. The summed E-state index contributed by atoms with van der Waals surface area (Å²) in [7, 11) is 0. The minimum Gasteiger partial charge on any atom is -0.382 e. The van der Waals surface area contributed by atoms with Gasteiger partial charge in [-0.1, -0.05) is 41.9 Å². The molecule has 0 bridgehead atoms. The van der Waals surface area contributed by atoms with Gasteiger partial charge >= 0.3 is 0 Å². The normalized spacial score (nSPS) is 11.0. The van der Waals surface area contributed by atoms with Gasteiger partial charge in [0.05, 0.1) is 0 Å². The number of H-pyrrole nitrogens is 1. The summed E-state index contributed by atoms with van der Waals surface area (Å²) in [5.41, 5.74) is 9.08. The van der Waals surface area contributed by atoms with E-state index in [1.54, 1.807) is 0 Å². The van der Waals surface area contributed by atoms with Gasteiger partial charge in [-0.25, -0.2) is 0 Å². The first-order valence-corrected chi connectivity index (χ1v) is 5.98. The summed E-state index contributed by atoms with van der Waals surface area (Å²) in [6, 6.07) is 8.08. The summed E-state index contributed by atoms with van der Waals surface area (Å²) < 4.78 is 1.04. The van der Waals surface area contributed by atoms with Gasteiger partial charge in [0.2, 0.25) is 0 Å². The maximum Gasteiger partial charge on any atom is 0.153 e. The fourth-order valence-corrected chi connectivity index (χ4v) is 2.13. The van der Waals surface area contributed by atoms with Crippen LogP contribution in [0.15, 0.2) is 28.7 Å². The molecule has 0 saturated heterocycles. The van der Waals surface area contributed by atoms with Gasteiger partial charge in [-0.2, -0.15) is 5.10 Å². The monoisotopic (exact) mass is 279 g/mol. The van der Waals surface area contributed by atoms with Gasteiger partial charge in [0.15, 0.2) is 5.82 Å². The Morgan fingerprint density at radius 1 is 1.38 bits per heavy atom. The Balaban J connectivity index is 2.59. The molecule has 0 radical (unpaired) electrons. The van der Waals surface area contributed by atoms with Crippen molar-refractivity contribution >= 4 is 21.7 Å². The minimum absolute atomic E-state index is 0.374. The van der Waals surface area contributed by atoms with Gasteiger partial charge in [0, 0.05) is 15.7 Å². The summed E-state index contributed by atoms with van der Waals surface area (Å²) in [5.74, 6) is 0.931. The molecule has 0 spiro atoms. The average molecular weight is 280 g/mol. The minimum atomic E-state index is 0.374. The Bertz CT molecular complexity index is 503. The molecule has 4 heteroatoms. The Morgan fingerprint density at radius 3 is 2.75 bits per heavy atom. The standard InChI is InChI=1S/C12H14BrN3/c1-7(2)11-10(12(14)16-15-11)8-4-3-5-9(13)6-8/h3-7H,1-2H3,(H3,14,15,16). The number of nitrogens with zero attached hydrogens (tertiary/aromatic N) is 1. The van der Waals surface area contributed by atoms with Crippen LogP contribution in [0.2, 0.25) is 0 Å². The predicted molar refractivity (Wildman–Crippen MR) is 70.2 cm³/mol. The van der Waals surface area contributed by atoms with Gasteiger partial charge < -0.3 is 5.73 Å². The summed E-state index contributed by atoms with van der Waals surface area (Å²) in [6.07, 6.45) is 0. The van der Waals surface area contributed by atoms with Crippen LogP contribution in [-0.2, 0) is 0 Å². The lowest BCUT2D eigenvalue weighted by molar-refractivity contribution is 0.812. The highest BCUT2D eigenvalue weighted by molar-refractivity contribution is 9.10. The number of aromatic nitrogens is 2. The van der Waals surface area contributed by atoms with E-state index in [1.807, 2.05) is 24.3 Å². The quantitative estimate of drug-likeness (QED) is 0.884. The van der Waals surface area contributed by atoms with Crippen molar-refractivity contribution in [1.29, 1.82) is 0 Å².